The average Bonchev–Trinajstić information content (AvgIpc) is 2.28. The molecule has 98 valence electrons. The predicted octanol–water partition coefficient (Wildman–Crippen LogP) is 1.33. The van der Waals surface area contributed by atoms with Crippen molar-refractivity contribution in [2.24, 2.45) is 0 Å². The number of carbonyl (C=O) groups excluding carboxylic acids is 1. The van der Waals surface area contributed by atoms with Gasteiger partial charge < -0.3 is 4.74 Å². The number of amides is 1. The molecule has 0 saturated heterocycles. The normalized spacial score (nSPS) is 13.4. The summed E-state index contributed by atoms with van der Waals surface area (Å²) in [5, 5.41) is 10.6. The molecule has 1 aromatic carbocycles. The molecule has 1 aromatic rings. The van der Waals surface area contributed by atoms with Gasteiger partial charge in [-0.25, -0.2) is 13.7 Å². The number of carbonyl (C=O) groups is 1. The molecule has 7 nitrogen and oxygen atoms in total. The highest BCUT2D eigenvalue weighted by Gasteiger charge is 2.15. The Morgan fingerprint density at radius 3 is 2.83 bits per heavy atom. The Bertz CT molecular complexity index is 567. The van der Waals surface area contributed by atoms with Crippen molar-refractivity contribution >= 4 is 27.4 Å². The molecule has 1 unspecified atom stereocenters. The number of nitrogens with one attached hydrogen (secondary N) is 1. The van der Waals surface area contributed by atoms with Gasteiger partial charge in [-0.2, -0.15) is 0 Å². The van der Waals surface area contributed by atoms with Crippen LogP contribution >= 0.6 is 0 Å². The number of benzene rings is 1. The van der Waals surface area contributed by atoms with Crippen molar-refractivity contribution in [2.45, 2.75) is 11.8 Å². The van der Waals surface area contributed by atoms with Crippen LogP contribution in [0.5, 0.6) is 0 Å². The van der Waals surface area contributed by atoms with Crippen LogP contribution in [0.25, 0.3) is 0 Å². The molecule has 1 atom stereocenters. The Morgan fingerprint density at radius 1 is 1.61 bits per heavy atom. The van der Waals surface area contributed by atoms with Gasteiger partial charge in [-0.15, -0.1) is 0 Å². The van der Waals surface area contributed by atoms with Crippen molar-refractivity contribution in [1.29, 1.82) is 0 Å². The Kier molecular flexibility index (Phi) is 4.27. The lowest BCUT2D eigenvalue weighted by atomic mass is 10.3. The molecular formula is C10H12N2O5S. The van der Waals surface area contributed by atoms with Crippen LogP contribution in [-0.2, 0) is 14.4 Å². The second-order valence-electron chi connectivity index (χ2n) is 3.25. The molecule has 0 saturated carbocycles. The lowest BCUT2D eigenvalue weighted by Gasteiger charge is -2.10. The molecule has 0 aliphatic carbocycles. The highest BCUT2D eigenvalue weighted by molar-refractivity contribution is 7.99. The standard InChI is InChI=1S/C10H12N2O5S/c1-3-17-10(13)11-18(2,16)9-6-4-5-8(7-9)12(14)15/h4-7H,2-3H2,1H3,(H,11,13,16). The summed E-state index contributed by atoms with van der Waals surface area (Å²) in [6, 6.07) is 5.10. The van der Waals surface area contributed by atoms with Gasteiger partial charge in [0.25, 0.3) is 5.69 Å². The van der Waals surface area contributed by atoms with E-state index < -0.39 is 20.7 Å². The van der Waals surface area contributed by atoms with Crippen molar-refractivity contribution in [3.63, 3.8) is 0 Å². The van der Waals surface area contributed by atoms with E-state index in [0.717, 1.165) is 6.07 Å². The zero-order valence-corrected chi connectivity index (χ0v) is 10.4. The van der Waals surface area contributed by atoms with Gasteiger partial charge in [0, 0.05) is 12.1 Å². The minimum absolute atomic E-state index is 0.0600. The van der Waals surface area contributed by atoms with E-state index in [0.29, 0.717) is 0 Å². The molecule has 0 heterocycles. The first kappa shape index (κ1) is 14.0. The molecule has 1 N–H and O–H groups in total. The molecule has 0 aliphatic heterocycles. The first-order valence-corrected chi connectivity index (χ1v) is 6.65. The minimum atomic E-state index is -3.17. The van der Waals surface area contributed by atoms with E-state index in [1.807, 2.05) is 0 Å². The second-order valence-corrected chi connectivity index (χ2v) is 5.28. The van der Waals surface area contributed by atoms with Crippen LogP contribution in [0.1, 0.15) is 6.92 Å². The Morgan fingerprint density at radius 2 is 2.28 bits per heavy atom. The van der Waals surface area contributed by atoms with Crippen LogP contribution in [0.4, 0.5) is 10.5 Å². The second kappa shape index (κ2) is 5.50. The fraction of sp³-hybridized carbons (Fsp3) is 0.200. The summed E-state index contributed by atoms with van der Waals surface area (Å²) in [5.41, 5.74) is -0.227. The van der Waals surface area contributed by atoms with E-state index in [1.165, 1.54) is 18.2 Å². The maximum absolute atomic E-state index is 12.1. The van der Waals surface area contributed by atoms with Crippen LogP contribution in [0.15, 0.2) is 29.2 Å². The van der Waals surface area contributed by atoms with Crippen molar-refractivity contribution in [3.8, 4) is 0 Å². The van der Waals surface area contributed by atoms with Crippen molar-refractivity contribution < 1.29 is 18.7 Å². The molecule has 18 heavy (non-hydrogen) atoms. The molecular weight excluding hydrogens is 260 g/mol. The van der Waals surface area contributed by atoms with Gasteiger partial charge in [-0.05, 0) is 18.9 Å². The van der Waals surface area contributed by atoms with E-state index in [1.54, 1.807) is 6.92 Å². The highest BCUT2D eigenvalue weighted by Crippen LogP contribution is 2.17. The average molecular weight is 272 g/mol. The highest BCUT2D eigenvalue weighted by atomic mass is 32.2. The summed E-state index contributed by atoms with van der Waals surface area (Å²) in [4.78, 5) is 21.2. The summed E-state index contributed by atoms with van der Waals surface area (Å²) < 4.78 is 18.7. The Labute approximate surface area is 104 Å². The molecule has 0 fully saturated rings. The molecule has 0 spiro atoms. The number of non-ortho nitro benzene ring substituents is 1. The number of nitro groups is 1. The first-order valence-electron chi connectivity index (χ1n) is 4.93. The lowest BCUT2D eigenvalue weighted by Crippen LogP contribution is -2.31. The Balaban J connectivity index is 3.02. The molecule has 0 bridgehead atoms. The number of nitrogens with zero attached hydrogens (tertiary/aromatic N) is 1. The van der Waals surface area contributed by atoms with E-state index in [4.69, 9.17) is 0 Å². The van der Waals surface area contributed by atoms with E-state index in [2.05, 4.69) is 15.3 Å². The molecule has 0 radical (unpaired) electrons. The quantitative estimate of drug-likeness (QED) is 0.506. The molecule has 8 heteroatoms. The van der Waals surface area contributed by atoms with E-state index in [9.17, 15) is 19.1 Å². The topological polar surface area (TPSA) is 98.5 Å². The van der Waals surface area contributed by atoms with Crippen molar-refractivity contribution in [3.05, 3.63) is 34.4 Å². The Hall–Kier alpha value is -2.09. The molecule has 0 aliphatic rings. The summed E-state index contributed by atoms with van der Waals surface area (Å²) in [5.74, 6) is 3.36. The van der Waals surface area contributed by atoms with Crippen LogP contribution in [0.2, 0.25) is 0 Å². The van der Waals surface area contributed by atoms with Crippen molar-refractivity contribution in [2.75, 3.05) is 6.61 Å². The maximum Gasteiger partial charge on any atom is 0.418 e. The summed E-state index contributed by atoms with van der Waals surface area (Å²) in [7, 11) is -3.17. The third kappa shape index (κ3) is 3.45. The first-order chi connectivity index (χ1) is 8.36. The number of hydrogen-bond donors (Lipinski definition) is 1. The van der Waals surface area contributed by atoms with Crippen LogP contribution in [-0.4, -0.2) is 27.7 Å². The smallest absolute Gasteiger partial charge is 0.418 e. The minimum Gasteiger partial charge on any atom is -0.449 e. The van der Waals surface area contributed by atoms with Gasteiger partial charge in [-0.3, -0.25) is 10.1 Å². The monoisotopic (exact) mass is 272 g/mol. The van der Waals surface area contributed by atoms with Crippen molar-refractivity contribution in [1.82, 2.24) is 4.72 Å². The zero-order chi connectivity index (χ0) is 13.8. The van der Waals surface area contributed by atoms with Gasteiger partial charge in [0.15, 0.2) is 0 Å². The molecule has 1 amide bonds. The lowest BCUT2D eigenvalue weighted by molar-refractivity contribution is -0.385. The predicted molar refractivity (Wildman–Crippen MR) is 66.8 cm³/mol. The summed E-state index contributed by atoms with van der Waals surface area (Å²) in [6.45, 7) is 1.72. The van der Waals surface area contributed by atoms with Gasteiger partial charge in [0.05, 0.1) is 26.1 Å². The summed E-state index contributed by atoms with van der Waals surface area (Å²) >= 11 is 0. The third-order valence-electron chi connectivity index (χ3n) is 1.93. The van der Waals surface area contributed by atoms with Gasteiger partial charge in [-0.1, -0.05) is 6.07 Å². The van der Waals surface area contributed by atoms with E-state index in [-0.39, 0.29) is 17.2 Å². The summed E-state index contributed by atoms with van der Waals surface area (Å²) in [6.07, 6.45) is -0.885. The SMILES string of the molecule is C=S(=O)(NC(=O)OCC)c1cccc([N+](=O)[O-])c1. The number of hydrogen-bond acceptors (Lipinski definition) is 5. The van der Waals surface area contributed by atoms with Gasteiger partial charge in [0.1, 0.15) is 0 Å². The number of ether oxygens (including phenoxy) is 1. The molecule has 0 aromatic heterocycles. The van der Waals surface area contributed by atoms with Crippen LogP contribution in [0, 0.1) is 10.1 Å². The number of rotatable bonds is 4. The van der Waals surface area contributed by atoms with Gasteiger partial charge >= 0.3 is 6.09 Å². The fourth-order valence-electron chi connectivity index (χ4n) is 1.16. The zero-order valence-electron chi connectivity index (χ0n) is 9.62. The maximum atomic E-state index is 12.1. The van der Waals surface area contributed by atoms with Gasteiger partial charge in [0.2, 0.25) is 0 Å². The fourth-order valence-corrected chi connectivity index (χ4v) is 2.21. The van der Waals surface area contributed by atoms with Crippen LogP contribution in [0.3, 0.4) is 0 Å². The van der Waals surface area contributed by atoms with E-state index >= 15 is 0 Å². The van der Waals surface area contributed by atoms with Crippen LogP contribution < -0.4 is 4.72 Å². The molecule has 1 rings (SSSR count). The largest absolute Gasteiger partial charge is 0.449 e. The number of nitro benzene ring substituents is 1. The third-order valence-corrected chi connectivity index (χ3v) is 3.44.